The second-order valence-corrected chi connectivity index (χ2v) is 4.60. The van der Waals surface area contributed by atoms with E-state index in [9.17, 15) is 4.39 Å². The predicted octanol–water partition coefficient (Wildman–Crippen LogP) is 2.35. The van der Waals surface area contributed by atoms with Gasteiger partial charge in [-0.05, 0) is 26.5 Å². The summed E-state index contributed by atoms with van der Waals surface area (Å²) in [4.78, 5) is 2.30. The van der Waals surface area contributed by atoms with E-state index in [1.165, 1.54) is 0 Å². The molecule has 1 N–H and O–H groups in total. The van der Waals surface area contributed by atoms with Crippen molar-refractivity contribution < 1.29 is 4.39 Å². The molecule has 1 unspecified atom stereocenters. The lowest BCUT2D eigenvalue weighted by Crippen LogP contribution is -2.29. The van der Waals surface area contributed by atoms with Crippen LogP contribution in [0.15, 0.2) is 18.2 Å². The zero-order valence-electron chi connectivity index (χ0n) is 10.4. The second kappa shape index (κ2) is 6.34. The summed E-state index contributed by atoms with van der Waals surface area (Å²) in [6, 6.07) is 5.89. The molecule has 1 fully saturated rings. The Morgan fingerprint density at radius 2 is 2.24 bits per heavy atom. The summed E-state index contributed by atoms with van der Waals surface area (Å²) in [6.45, 7) is 4.80. The predicted molar refractivity (Wildman–Crippen MR) is 71.1 cm³/mol. The van der Waals surface area contributed by atoms with Crippen LogP contribution in [0.3, 0.4) is 0 Å². The molecule has 17 heavy (non-hydrogen) atoms. The molecule has 0 saturated carbocycles. The van der Waals surface area contributed by atoms with Gasteiger partial charge in [-0.3, -0.25) is 4.90 Å². The average molecular weight is 259 g/mol. The average Bonchev–Trinajstić information content (AvgIpc) is 2.71. The first kappa shape index (κ1) is 14.4. The fraction of sp³-hybridized carbons (Fsp3) is 0.538. The number of benzene rings is 1. The summed E-state index contributed by atoms with van der Waals surface area (Å²) < 4.78 is 13.6. The SMILES string of the molecule is CNC1CCN(Cc2cc(C)ccc2F)C1.Cl. The van der Waals surface area contributed by atoms with E-state index in [4.69, 9.17) is 0 Å². The maximum absolute atomic E-state index is 13.6. The maximum atomic E-state index is 13.6. The van der Waals surface area contributed by atoms with Crippen molar-refractivity contribution in [1.29, 1.82) is 0 Å². The van der Waals surface area contributed by atoms with E-state index in [1.807, 2.05) is 26.1 Å². The van der Waals surface area contributed by atoms with Crippen LogP contribution in [0.1, 0.15) is 17.5 Å². The minimum absolute atomic E-state index is 0. The number of likely N-dealkylation sites (N-methyl/N-ethyl adjacent to an activating group) is 1. The molecule has 96 valence electrons. The lowest BCUT2D eigenvalue weighted by molar-refractivity contribution is 0.317. The van der Waals surface area contributed by atoms with Crippen LogP contribution in [0.2, 0.25) is 0 Å². The summed E-state index contributed by atoms with van der Waals surface area (Å²) >= 11 is 0. The van der Waals surface area contributed by atoms with Crippen LogP contribution < -0.4 is 5.32 Å². The molecule has 1 saturated heterocycles. The third kappa shape index (κ3) is 3.66. The number of rotatable bonds is 3. The van der Waals surface area contributed by atoms with Gasteiger partial charge in [0.2, 0.25) is 0 Å². The van der Waals surface area contributed by atoms with Gasteiger partial charge < -0.3 is 5.32 Å². The molecule has 0 radical (unpaired) electrons. The lowest BCUT2D eigenvalue weighted by Gasteiger charge is -2.16. The van der Waals surface area contributed by atoms with E-state index in [1.54, 1.807) is 6.07 Å². The second-order valence-electron chi connectivity index (χ2n) is 4.60. The molecule has 0 spiro atoms. The van der Waals surface area contributed by atoms with Crippen LogP contribution in [0.5, 0.6) is 0 Å². The molecular formula is C13H20ClFN2. The first-order chi connectivity index (χ1) is 7.69. The number of nitrogens with zero attached hydrogens (tertiary/aromatic N) is 1. The topological polar surface area (TPSA) is 15.3 Å². The third-order valence-corrected chi connectivity index (χ3v) is 3.28. The molecule has 4 heteroatoms. The molecule has 2 rings (SSSR count). The zero-order valence-corrected chi connectivity index (χ0v) is 11.2. The summed E-state index contributed by atoms with van der Waals surface area (Å²) in [6.07, 6.45) is 1.16. The van der Waals surface area contributed by atoms with Crippen LogP contribution in [-0.2, 0) is 6.54 Å². The number of likely N-dealkylation sites (tertiary alicyclic amines) is 1. The maximum Gasteiger partial charge on any atom is 0.127 e. The summed E-state index contributed by atoms with van der Waals surface area (Å²) in [5, 5.41) is 3.27. The highest BCUT2D eigenvalue weighted by Crippen LogP contribution is 2.16. The lowest BCUT2D eigenvalue weighted by atomic mass is 10.1. The van der Waals surface area contributed by atoms with E-state index in [-0.39, 0.29) is 18.2 Å². The Labute approximate surface area is 109 Å². The first-order valence-electron chi connectivity index (χ1n) is 5.83. The summed E-state index contributed by atoms with van der Waals surface area (Å²) in [7, 11) is 1.99. The van der Waals surface area contributed by atoms with E-state index in [2.05, 4.69) is 10.2 Å². The molecule has 1 aromatic rings. The number of nitrogens with one attached hydrogen (secondary N) is 1. The van der Waals surface area contributed by atoms with Gasteiger partial charge in [0.15, 0.2) is 0 Å². The zero-order chi connectivity index (χ0) is 11.5. The Hall–Kier alpha value is -0.640. The van der Waals surface area contributed by atoms with E-state index >= 15 is 0 Å². The van der Waals surface area contributed by atoms with Crippen LogP contribution in [0.25, 0.3) is 0 Å². The fourth-order valence-corrected chi connectivity index (χ4v) is 2.28. The molecular weight excluding hydrogens is 239 g/mol. The highest BCUT2D eigenvalue weighted by molar-refractivity contribution is 5.85. The summed E-state index contributed by atoms with van der Waals surface area (Å²) in [5.74, 6) is -0.0847. The molecule has 1 aliphatic heterocycles. The Balaban J connectivity index is 0.00000144. The Morgan fingerprint density at radius 3 is 2.88 bits per heavy atom. The molecule has 2 nitrogen and oxygen atoms in total. The molecule has 0 aromatic heterocycles. The third-order valence-electron chi connectivity index (χ3n) is 3.28. The van der Waals surface area contributed by atoms with Crippen LogP contribution in [-0.4, -0.2) is 31.1 Å². The molecule has 1 aromatic carbocycles. The number of hydrogen-bond donors (Lipinski definition) is 1. The number of hydrogen-bond acceptors (Lipinski definition) is 2. The van der Waals surface area contributed by atoms with Crippen molar-refractivity contribution in [1.82, 2.24) is 10.2 Å². The smallest absolute Gasteiger partial charge is 0.127 e. The monoisotopic (exact) mass is 258 g/mol. The molecule has 0 aliphatic carbocycles. The Morgan fingerprint density at radius 1 is 1.47 bits per heavy atom. The van der Waals surface area contributed by atoms with Crippen molar-refractivity contribution in [2.75, 3.05) is 20.1 Å². The van der Waals surface area contributed by atoms with Gasteiger partial charge in [0.1, 0.15) is 5.82 Å². The van der Waals surface area contributed by atoms with Gasteiger partial charge in [-0.15, -0.1) is 12.4 Å². The van der Waals surface area contributed by atoms with Gasteiger partial charge in [-0.25, -0.2) is 4.39 Å². The number of halogens is 2. The molecule has 0 amide bonds. The standard InChI is InChI=1S/C13H19FN2.ClH/c1-10-3-4-13(14)11(7-10)8-16-6-5-12(9-16)15-2;/h3-4,7,12,15H,5-6,8-9H2,1-2H3;1H. The molecule has 0 bridgehead atoms. The van der Waals surface area contributed by atoms with Crippen LogP contribution in [0.4, 0.5) is 4.39 Å². The van der Waals surface area contributed by atoms with Crippen molar-refractivity contribution >= 4 is 12.4 Å². The Kier molecular flexibility index (Phi) is 5.37. The van der Waals surface area contributed by atoms with Gasteiger partial charge >= 0.3 is 0 Å². The van der Waals surface area contributed by atoms with Crippen molar-refractivity contribution in [2.45, 2.75) is 25.9 Å². The highest BCUT2D eigenvalue weighted by Gasteiger charge is 2.21. The molecule has 1 aliphatic rings. The van der Waals surface area contributed by atoms with Gasteiger partial charge in [0, 0.05) is 31.2 Å². The van der Waals surface area contributed by atoms with Crippen LogP contribution >= 0.6 is 12.4 Å². The van der Waals surface area contributed by atoms with E-state index in [0.29, 0.717) is 6.04 Å². The molecule has 1 heterocycles. The van der Waals surface area contributed by atoms with Crippen molar-refractivity contribution in [3.63, 3.8) is 0 Å². The van der Waals surface area contributed by atoms with Gasteiger partial charge in [0.25, 0.3) is 0 Å². The molecule has 1 atom stereocenters. The van der Waals surface area contributed by atoms with Gasteiger partial charge in [-0.2, -0.15) is 0 Å². The number of aryl methyl sites for hydroxylation is 1. The largest absolute Gasteiger partial charge is 0.316 e. The first-order valence-corrected chi connectivity index (χ1v) is 5.83. The minimum atomic E-state index is -0.0847. The minimum Gasteiger partial charge on any atom is -0.316 e. The van der Waals surface area contributed by atoms with Gasteiger partial charge in [-0.1, -0.05) is 17.7 Å². The van der Waals surface area contributed by atoms with Crippen molar-refractivity contribution in [2.24, 2.45) is 0 Å². The van der Waals surface area contributed by atoms with Gasteiger partial charge in [0.05, 0.1) is 0 Å². The quantitative estimate of drug-likeness (QED) is 0.895. The van der Waals surface area contributed by atoms with Crippen LogP contribution in [0, 0.1) is 12.7 Å². The summed E-state index contributed by atoms with van der Waals surface area (Å²) in [5.41, 5.74) is 1.94. The van der Waals surface area contributed by atoms with Crippen molar-refractivity contribution in [3.05, 3.63) is 35.1 Å². The fourth-order valence-electron chi connectivity index (χ4n) is 2.28. The normalized spacial score (nSPS) is 20.3. The van der Waals surface area contributed by atoms with E-state index < -0.39 is 0 Å². The Bertz CT molecular complexity index is 370. The highest BCUT2D eigenvalue weighted by atomic mass is 35.5. The van der Waals surface area contributed by atoms with Crippen molar-refractivity contribution in [3.8, 4) is 0 Å². The van der Waals surface area contributed by atoms with E-state index in [0.717, 1.165) is 37.2 Å².